The van der Waals surface area contributed by atoms with Crippen molar-refractivity contribution in [3.05, 3.63) is 74.1 Å². The third-order valence-electron chi connectivity index (χ3n) is 3.67. The summed E-state index contributed by atoms with van der Waals surface area (Å²) in [5.74, 6) is -0.575. The predicted molar refractivity (Wildman–Crippen MR) is 107 cm³/mol. The number of carbonyl (C=O) groups is 2. The first-order valence-electron chi connectivity index (χ1n) is 8.51. The molecule has 1 aromatic carbocycles. The fourth-order valence-corrected chi connectivity index (χ4v) is 2.85. The summed E-state index contributed by atoms with van der Waals surface area (Å²) in [7, 11) is 0. The maximum absolute atomic E-state index is 12.4. The number of amides is 1. The average molecular weight is 384 g/mol. The van der Waals surface area contributed by atoms with Crippen molar-refractivity contribution < 1.29 is 14.5 Å². The van der Waals surface area contributed by atoms with Crippen molar-refractivity contribution in [1.82, 2.24) is 5.32 Å². The predicted octanol–water partition coefficient (Wildman–Crippen LogP) is 4.59. The van der Waals surface area contributed by atoms with Crippen LogP contribution in [-0.4, -0.2) is 16.6 Å². The minimum Gasteiger partial charge on any atom is -0.319 e. The van der Waals surface area contributed by atoms with Crippen LogP contribution in [0.2, 0.25) is 0 Å². The summed E-state index contributed by atoms with van der Waals surface area (Å²) in [6, 6.07) is 9.57. The fraction of sp³-hybridized carbons (Fsp3) is 0.200. The van der Waals surface area contributed by atoms with Gasteiger partial charge >= 0.3 is 0 Å². The van der Waals surface area contributed by atoms with Gasteiger partial charge in [0.15, 0.2) is 5.78 Å². The van der Waals surface area contributed by atoms with E-state index in [9.17, 15) is 19.7 Å². The van der Waals surface area contributed by atoms with E-state index >= 15 is 0 Å². The van der Waals surface area contributed by atoms with Crippen molar-refractivity contribution in [1.29, 1.82) is 0 Å². The Bertz CT molecular complexity index is 853. The number of benzene rings is 1. The number of nitrogens with one attached hydrogen (secondary N) is 1. The van der Waals surface area contributed by atoms with Crippen LogP contribution in [0.1, 0.15) is 36.6 Å². The number of nitrogens with zero attached hydrogens (tertiary/aromatic N) is 1. The second-order valence-corrected chi connectivity index (χ2v) is 6.75. The van der Waals surface area contributed by atoms with E-state index < -0.39 is 10.8 Å². The highest BCUT2D eigenvalue weighted by atomic mass is 32.1. The summed E-state index contributed by atoms with van der Waals surface area (Å²) >= 11 is 1.50. The second-order valence-electron chi connectivity index (χ2n) is 5.77. The molecule has 140 valence electrons. The van der Waals surface area contributed by atoms with Gasteiger partial charge in [0.05, 0.1) is 10.6 Å². The largest absolute Gasteiger partial charge is 0.319 e. The number of hydrogen-bond acceptors (Lipinski definition) is 5. The standard InChI is InChI=1S/C20H20N2O4S/c1-2-3-6-19(23)18(14-15-7-9-16(10-8-15)22(25)26)21-20(24)12-11-17-5-4-13-27-17/h4-5,7-14H,2-3,6H2,1H3,(H,21,24)/b12-11+,18-14-. The van der Waals surface area contributed by atoms with Gasteiger partial charge in [-0.2, -0.15) is 0 Å². The molecule has 1 N–H and O–H groups in total. The number of ketones is 1. The lowest BCUT2D eigenvalue weighted by atomic mass is 10.1. The number of carbonyl (C=O) groups excluding carboxylic acids is 2. The molecule has 1 aromatic heterocycles. The maximum atomic E-state index is 12.4. The lowest BCUT2D eigenvalue weighted by Gasteiger charge is -2.08. The number of Topliss-reactive ketones (excluding diaryl/α,β-unsaturated/α-hetero) is 1. The summed E-state index contributed by atoms with van der Waals surface area (Å²) in [5.41, 5.74) is 0.745. The topological polar surface area (TPSA) is 89.3 Å². The summed E-state index contributed by atoms with van der Waals surface area (Å²) in [6.45, 7) is 1.98. The zero-order valence-corrected chi connectivity index (χ0v) is 15.7. The Hall–Kier alpha value is -3.06. The molecule has 1 amide bonds. The monoisotopic (exact) mass is 384 g/mol. The van der Waals surface area contributed by atoms with Gasteiger partial charge in [0.25, 0.3) is 5.69 Å². The molecule has 0 aliphatic rings. The molecule has 0 radical (unpaired) electrons. The number of non-ortho nitro benzene ring substituents is 1. The lowest BCUT2D eigenvalue weighted by Crippen LogP contribution is -2.25. The molecule has 0 aliphatic heterocycles. The Labute approximate surface area is 161 Å². The Balaban J connectivity index is 2.18. The van der Waals surface area contributed by atoms with E-state index in [1.54, 1.807) is 24.3 Å². The highest BCUT2D eigenvalue weighted by Crippen LogP contribution is 2.15. The fourth-order valence-electron chi connectivity index (χ4n) is 2.24. The molecule has 2 aromatic rings. The minimum absolute atomic E-state index is 0.0334. The third kappa shape index (κ3) is 6.63. The molecular weight excluding hydrogens is 364 g/mol. The molecule has 27 heavy (non-hydrogen) atoms. The summed E-state index contributed by atoms with van der Waals surface area (Å²) in [4.78, 5) is 35.8. The lowest BCUT2D eigenvalue weighted by molar-refractivity contribution is -0.384. The van der Waals surface area contributed by atoms with Gasteiger partial charge in [-0.15, -0.1) is 11.3 Å². The maximum Gasteiger partial charge on any atom is 0.269 e. The van der Waals surface area contributed by atoms with E-state index in [1.165, 1.54) is 29.5 Å². The quantitative estimate of drug-likeness (QED) is 0.389. The van der Waals surface area contributed by atoms with Gasteiger partial charge in [-0.05, 0) is 47.7 Å². The highest BCUT2D eigenvalue weighted by Gasteiger charge is 2.12. The normalized spacial score (nSPS) is 11.5. The number of hydrogen-bond donors (Lipinski definition) is 1. The molecular formula is C20H20N2O4S. The number of allylic oxidation sites excluding steroid dienone is 1. The zero-order valence-electron chi connectivity index (χ0n) is 14.9. The molecule has 0 bridgehead atoms. The summed E-state index contributed by atoms with van der Waals surface area (Å²) in [5, 5.41) is 15.3. The Morgan fingerprint density at radius 3 is 2.56 bits per heavy atom. The van der Waals surface area contributed by atoms with E-state index in [-0.39, 0.29) is 17.2 Å². The number of rotatable bonds is 9. The van der Waals surface area contributed by atoms with Crippen molar-refractivity contribution in [3.63, 3.8) is 0 Å². The van der Waals surface area contributed by atoms with Gasteiger partial charge in [0.1, 0.15) is 0 Å². The molecule has 2 rings (SSSR count). The Morgan fingerprint density at radius 2 is 1.96 bits per heavy atom. The van der Waals surface area contributed by atoms with Crippen LogP contribution in [0.15, 0.2) is 53.6 Å². The van der Waals surface area contributed by atoms with E-state index in [4.69, 9.17) is 0 Å². The van der Waals surface area contributed by atoms with Crippen molar-refractivity contribution in [2.24, 2.45) is 0 Å². The molecule has 0 saturated carbocycles. The molecule has 0 saturated heterocycles. The molecule has 0 aliphatic carbocycles. The van der Waals surface area contributed by atoms with Crippen LogP contribution >= 0.6 is 11.3 Å². The first-order valence-corrected chi connectivity index (χ1v) is 9.39. The van der Waals surface area contributed by atoms with Crippen LogP contribution in [0, 0.1) is 10.1 Å². The van der Waals surface area contributed by atoms with Crippen molar-refractivity contribution in [2.45, 2.75) is 26.2 Å². The molecule has 6 nitrogen and oxygen atoms in total. The van der Waals surface area contributed by atoms with Crippen molar-refractivity contribution >= 4 is 40.9 Å². The Morgan fingerprint density at radius 1 is 1.22 bits per heavy atom. The number of thiophene rings is 1. The smallest absolute Gasteiger partial charge is 0.269 e. The first-order chi connectivity index (χ1) is 13.0. The molecule has 0 spiro atoms. The molecule has 0 fully saturated rings. The number of nitro benzene ring substituents is 1. The SMILES string of the molecule is CCCCC(=O)/C(=C/c1ccc([N+](=O)[O-])cc1)NC(=O)/C=C/c1cccs1. The molecule has 0 atom stereocenters. The van der Waals surface area contributed by atoms with Gasteiger partial charge in [-0.1, -0.05) is 19.4 Å². The molecule has 0 unspecified atom stereocenters. The first kappa shape index (κ1) is 20.3. The van der Waals surface area contributed by atoms with Crippen molar-refractivity contribution in [2.75, 3.05) is 0 Å². The average Bonchev–Trinajstić information content (AvgIpc) is 3.18. The van der Waals surface area contributed by atoms with E-state index in [0.717, 1.165) is 17.7 Å². The van der Waals surface area contributed by atoms with Gasteiger partial charge in [0.2, 0.25) is 5.91 Å². The van der Waals surface area contributed by atoms with Crippen LogP contribution < -0.4 is 5.32 Å². The number of nitro groups is 1. The third-order valence-corrected chi connectivity index (χ3v) is 4.51. The van der Waals surface area contributed by atoms with Crippen LogP contribution in [-0.2, 0) is 9.59 Å². The van der Waals surface area contributed by atoms with Crippen LogP contribution in [0.3, 0.4) is 0 Å². The van der Waals surface area contributed by atoms with Crippen LogP contribution in [0.4, 0.5) is 5.69 Å². The van der Waals surface area contributed by atoms with Gasteiger partial charge < -0.3 is 5.32 Å². The molecule has 7 heteroatoms. The zero-order chi connectivity index (χ0) is 19.6. The minimum atomic E-state index is -0.488. The number of unbranched alkanes of at least 4 members (excludes halogenated alkanes) is 1. The van der Waals surface area contributed by atoms with Gasteiger partial charge in [-0.3, -0.25) is 19.7 Å². The van der Waals surface area contributed by atoms with Gasteiger partial charge in [0, 0.05) is 29.5 Å². The summed E-state index contributed by atoms with van der Waals surface area (Å²) < 4.78 is 0. The van der Waals surface area contributed by atoms with Crippen molar-refractivity contribution in [3.8, 4) is 0 Å². The summed E-state index contributed by atoms with van der Waals surface area (Å²) in [6.07, 6.45) is 6.51. The Kier molecular flexibility index (Phi) is 7.63. The van der Waals surface area contributed by atoms with Crippen LogP contribution in [0.5, 0.6) is 0 Å². The van der Waals surface area contributed by atoms with E-state index in [1.807, 2.05) is 24.4 Å². The highest BCUT2D eigenvalue weighted by molar-refractivity contribution is 7.10. The molecule has 1 heterocycles. The van der Waals surface area contributed by atoms with Crippen LogP contribution in [0.25, 0.3) is 12.2 Å². The second kappa shape index (κ2) is 10.2. The van der Waals surface area contributed by atoms with Gasteiger partial charge in [-0.25, -0.2) is 0 Å². The van der Waals surface area contributed by atoms with E-state index in [2.05, 4.69) is 5.32 Å². The van der Waals surface area contributed by atoms with E-state index in [0.29, 0.717) is 12.0 Å².